The van der Waals surface area contributed by atoms with E-state index in [0.29, 0.717) is 23.7 Å². The van der Waals surface area contributed by atoms with Gasteiger partial charge in [0.25, 0.3) is 0 Å². The first-order valence-corrected chi connectivity index (χ1v) is 13.3. The average Bonchev–Trinajstić information content (AvgIpc) is 2.85. The molecule has 0 amide bonds. The van der Waals surface area contributed by atoms with Gasteiger partial charge in [0.05, 0.1) is 20.8 Å². The van der Waals surface area contributed by atoms with Gasteiger partial charge in [-0.05, 0) is 30.2 Å². The number of carbonyl (C=O) groups is 2. The van der Waals surface area contributed by atoms with Crippen LogP contribution in [0, 0.1) is 0 Å². The van der Waals surface area contributed by atoms with Crippen LogP contribution in [-0.2, 0) is 14.3 Å². The molecule has 35 heavy (non-hydrogen) atoms. The summed E-state index contributed by atoms with van der Waals surface area (Å²) in [7, 11) is 2.94. The number of hydrogen-bond acceptors (Lipinski definition) is 6. The standard InChI is InChI=1S/C29H46O6/c1-5-6-7-8-9-10-11-12-13-14-15-16-17-18-21-34-28(31)20-19-25-22-26(32-3)29(35-24(2)30)27(23-25)33-4/h19-20,22-23H,5-18,21H2,1-4H3/b20-19+. The number of esters is 2. The van der Waals surface area contributed by atoms with Crippen LogP contribution < -0.4 is 14.2 Å². The van der Waals surface area contributed by atoms with Crippen molar-refractivity contribution in [2.75, 3.05) is 20.8 Å². The lowest BCUT2D eigenvalue weighted by Crippen LogP contribution is -2.05. The van der Waals surface area contributed by atoms with Gasteiger partial charge in [-0.25, -0.2) is 4.79 Å². The fourth-order valence-electron chi connectivity index (χ4n) is 3.92. The van der Waals surface area contributed by atoms with Gasteiger partial charge in [0, 0.05) is 13.0 Å². The van der Waals surface area contributed by atoms with Crippen LogP contribution >= 0.6 is 0 Å². The second kappa shape index (κ2) is 19.8. The first-order chi connectivity index (χ1) is 17.0. The maximum atomic E-state index is 12.0. The summed E-state index contributed by atoms with van der Waals surface area (Å²) in [4.78, 5) is 23.4. The monoisotopic (exact) mass is 490 g/mol. The van der Waals surface area contributed by atoms with Crippen LogP contribution in [-0.4, -0.2) is 32.8 Å². The van der Waals surface area contributed by atoms with Crippen molar-refractivity contribution in [2.24, 2.45) is 0 Å². The third-order valence-corrected chi connectivity index (χ3v) is 5.88. The lowest BCUT2D eigenvalue weighted by molar-refractivity contribution is -0.137. The quantitative estimate of drug-likeness (QED) is 0.0808. The predicted octanol–water partition coefficient (Wildman–Crippen LogP) is 7.67. The summed E-state index contributed by atoms with van der Waals surface area (Å²) in [5.74, 6) is 0.0311. The number of carbonyl (C=O) groups excluding carboxylic acids is 2. The van der Waals surface area contributed by atoms with Gasteiger partial charge >= 0.3 is 11.9 Å². The third-order valence-electron chi connectivity index (χ3n) is 5.88. The molecule has 0 spiro atoms. The number of ether oxygens (including phenoxy) is 4. The van der Waals surface area contributed by atoms with Crippen molar-refractivity contribution >= 4 is 18.0 Å². The summed E-state index contributed by atoms with van der Waals surface area (Å²) in [6.07, 6.45) is 21.1. The van der Waals surface area contributed by atoms with Crippen molar-refractivity contribution in [1.29, 1.82) is 0 Å². The largest absolute Gasteiger partial charge is 0.493 e. The van der Waals surface area contributed by atoms with E-state index in [1.807, 2.05) is 0 Å². The summed E-state index contributed by atoms with van der Waals surface area (Å²) in [5.41, 5.74) is 0.669. The van der Waals surface area contributed by atoms with Crippen LogP contribution in [0.5, 0.6) is 17.2 Å². The van der Waals surface area contributed by atoms with E-state index in [2.05, 4.69) is 6.92 Å². The molecule has 0 heterocycles. The van der Waals surface area contributed by atoms with Gasteiger partial charge in [-0.3, -0.25) is 4.79 Å². The molecule has 1 aromatic carbocycles. The number of hydrogen-bond donors (Lipinski definition) is 0. The fraction of sp³-hybridized carbons (Fsp3) is 0.655. The Morgan fingerprint density at radius 1 is 0.743 bits per heavy atom. The molecule has 0 bridgehead atoms. The normalized spacial score (nSPS) is 11.0. The maximum Gasteiger partial charge on any atom is 0.330 e. The second-order valence-corrected chi connectivity index (χ2v) is 8.95. The van der Waals surface area contributed by atoms with Crippen molar-refractivity contribution in [3.63, 3.8) is 0 Å². The summed E-state index contributed by atoms with van der Waals surface area (Å²) in [5, 5.41) is 0. The number of methoxy groups -OCH3 is 2. The highest BCUT2D eigenvalue weighted by Crippen LogP contribution is 2.39. The molecule has 0 atom stereocenters. The molecule has 1 aromatic rings. The van der Waals surface area contributed by atoms with Gasteiger partial charge in [0.15, 0.2) is 11.5 Å². The van der Waals surface area contributed by atoms with E-state index in [4.69, 9.17) is 18.9 Å². The SMILES string of the molecule is CCCCCCCCCCCCCCCCOC(=O)/C=C/c1cc(OC)c(OC(C)=O)c(OC)c1. The third kappa shape index (κ3) is 14.5. The fourth-order valence-corrected chi connectivity index (χ4v) is 3.92. The molecule has 0 aliphatic rings. The first-order valence-electron chi connectivity index (χ1n) is 13.3. The molecule has 0 radical (unpaired) electrons. The Bertz CT molecular complexity index is 731. The number of unbranched alkanes of at least 4 members (excludes halogenated alkanes) is 13. The van der Waals surface area contributed by atoms with Crippen LogP contribution in [0.15, 0.2) is 18.2 Å². The van der Waals surface area contributed by atoms with Gasteiger partial charge in [0.2, 0.25) is 5.75 Å². The molecular weight excluding hydrogens is 444 g/mol. The van der Waals surface area contributed by atoms with E-state index in [-0.39, 0.29) is 11.7 Å². The van der Waals surface area contributed by atoms with Gasteiger partial charge in [0.1, 0.15) is 0 Å². The molecule has 0 saturated carbocycles. The molecule has 0 unspecified atom stereocenters. The highest BCUT2D eigenvalue weighted by Gasteiger charge is 2.15. The minimum atomic E-state index is -0.475. The van der Waals surface area contributed by atoms with E-state index in [0.717, 1.165) is 12.8 Å². The Labute approximate surface area is 212 Å². The van der Waals surface area contributed by atoms with Gasteiger partial charge in [-0.1, -0.05) is 90.4 Å². The average molecular weight is 491 g/mol. The van der Waals surface area contributed by atoms with Crippen LogP contribution in [0.4, 0.5) is 0 Å². The Kier molecular flexibility index (Phi) is 17.2. The van der Waals surface area contributed by atoms with E-state index in [1.165, 1.54) is 104 Å². The first kappa shape index (κ1) is 30.5. The summed E-state index contributed by atoms with van der Waals surface area (Å²) < 4.78 is 21.1. The van der Waals surface area contributed by atoms with E-state index < -0.39 is 5.97 Å². The van der Waals surface area contributed by atoms with Crippen molar-refractivity contribution in [3.8, 4) is 17.2 Å². The molecule has 0 saturated heterocycles. The van der Waals surface area contributed by atoms with Crippen molar-refractivity contribution in [1.82, 2.24) is 0 Å². The van der Waals surface area contributed by atoms with Crippen LogP contribution in [0.25, 0.3) is 6.08 Å². The predicted molar refractivity (Wildman–Crippen MR) is 141 cm³/mol. The molecule has 6 nitrogen and oxygen atoms in total. The summed E-state index contributed by atoms with van der Waals surface area (Å²) in [6.45, 7) is 4.00. The topological polar surface area (TPSA) is 71.1 Å². The number of benzene rings is 1. The Balaban J connectivity index is 2.17. The zero-order chi connectivity index (χ0) is 25.7. The molecule has 0 aliphatic carbocycles. The summed E-state index contributed by atoms with van der Waals surface area (Å²) >= 11 is 0. The van der Waals surface area contributed by atoms with Gasteiger partial charge in [-0.15, -0.1) is 0 Å². The Morgan fingerprint density at radius 2 is 1.20 bits per heavy atom. The zero-order valence-electron chi connectivity index (χ0n) is 22.4. The minimum Gasteiger partial charge on any atom is -0.493 e. The highest BCUT2D eigenvalue weighted by atomic mass is 16.6. The Morgan fingerprint density at radius 3 is 1.63 bits per heavy atom. The van der Waals surface area contributed by atoms with Crippen molar-refractivity contribution in [2.45, 2.75) is 104 Å². The lowest BCUT2D eigenvalue weighted by Gasteiger charge is -2.13. The van der Waals surface area contributed by atoms with Gasteiger partial charge in [-0.2, -0.15) is 0 Å². The maximum absolute atomic E-state index is 12.0. The molecule has 0 aromatic heterocycles. The lowest BCUT2D eigenvalue weighted by atomic mass is 10.0. The minimum absolute atomic E-state index is 0.208. The molecule has 0 aliphatic heterocycles. The number of rotatable bonds is 20. The van der Waals surface area contributed by atoms with Crippen LogP contribution in [0.1, 0.15) is 109 Å². The molecule has 198 valence electrons. The molecular formula is C29H46O6. The van der Waals surface area contributed by atoms with Crippen molar-refractivity contribution < 1.29 is 28.5 Å². The summed E-state index contributed by atoms with van der Waals surface area (Å²) in [6, 6.07) is 3.33. The Hall–Kier alpha value is -2.50. The van der Waals surface area contributed by atoms with E-state index >= 15 is 0 Å². The molecule has 1 rings (SSSR count). The highest BCUT2D eigenvalue weighted by molar-refractivity contribution is 5.87. The second-order valence-electron chi connectivity index (χ2n) is 8.95. The van der Waals surface area contributed by atoms with Gasteiger partial charge < -0.3 is 18.9 Å². The zero-order valence-corrected chi connectivity index (χ0v) is 22.4. The van der Waals surface area contributed by atoms with E-state index in [1.54, 1.807) is 18.2 Å². The van der Waals surface area contributed by atoms with Crippen LogP contribution in [0.3, 0.4) is 0 Å². The smallest absolute Gasteiger partial charge is 0.330 e. The van der Waals surface area contributed by atoms with E-state index in [9.17, 15) is 9.59 Å². The van der Waals surface area contributed by atoms with Crippen LogP contribution in [0.2, 0.25) is 0 Å². The van der Waals surface area contributed by atoms with Crippen molar-refractivity contribution in [3.05, 3.63) is 23.8 Å². The molecule has 0 fully saturated rings. The molecule has 0 N–H and O–H groups in total. The molecule has 6 heteroatoms.